The lowest BCUT2D eigenvalue weighted by molar-refractivity contribution is -0.120. The summed E-state index contributed by atoms with van der Waals surface area (Å²) in [6, 6.07) is 14.2. The van der Waals surface area contributed by atoms with Crippen LogP contribution < -0.4 is 11.1 Å². The summed E-state index contributed by atoms with van der Waals surface area (Å²) >= 11 is 0. The third kappa shape index (κ3) is 3.34. The first-order chi connectivity index (χ1) is 10.3. The van der Waals surface area contributed by atoms with Gasteiger partial charge in [-0.05, 0) is 50.6 Å². The molecule has 0 saturated heterocycles. The largest absolute Gasteiger partial charge is 0.399 e. The minimum Gasteiger partial charge on any atom is -0.399 e. The number of hydrogen-bond acceptors (Lipinski definition) is 3. The fraction of sp³-hybridized carbons (Fsp3) is 0.222. The van der Waals surface area contributed by atoms with Crippen LogP contribution in [-0.4, -0.2) is 11.7 Å². The van der Waals surface area contributed by atoms with Gasteiger partial charge in [-0.3, -0.25) is 9.59 Å². The predicted octanol–water partition coefficient (Wildman–Crippen LogP) is 3.39. The number of carbonyl (C=O) groups is 2. The zero-order chi connectivity index (χ0) is 16.3. The van der Waals surface area contributed by atoms with E-state index < -0.39 is 5.41 Å². The van der Waals surface area contributed by atoms with Gasteiger partial charge in [-0.2, -0.15) is 0 Å². The van der Waals surface area contributed by atoms with E-state index in [0.29, 0.717) is 16.9 Å². The van der Waals surface area contributed by atoms with Gasteiger partial charge in [0.15, 0.2) is 5.78 Å². The van der Waals surface area contributed by atoms with Crippen LogP contribution in [0.25, 0.3) is 0 Å². The van der Waals surface area contributed by atoms with E-state index in [-0.39, 0.29) is 11.7 Å². The minimum absolute atomic E-state index is 0.0334. The Morgan fingerprint density at radius 1 is 1.05 bits per heavy atom. The Balaban J connectivity index is 2.22. The second kappa shape index (κ2) is 6.02. The van der Waals surface area contributed by atoms with Crippen LogP contribution in [0, 0.1) is 0 Å². The summed E-state index contributed by atoms with van der Waals surface area (Å²) < 4.78 is 0. The van der Waals surface area contributed by atoms with Crippen molar-refractivity contribution in [2.45, 2.75) is 26.2 Å². The predicted molar refractivity (Wildman–Crippen MR) is 89.0 cm³/mol. The summed E-state index contributed by atoms with van der Waals surface area (Å²) in [7, 11) is 0. The molecule has 3 N–H and O–H groups in total. The molecule has 0 fully saturated rings. The van der Waals surface area contributed by atoms with Gasteiger partial charge in [-0.25, -0.2) is 0 Å². The van der Waals surface area contributed by atoms with Gasteiger partial charge < -0.3 is 11.1 Å². The average Bonchev–Trinajstić information content (AvgIpc) is 2.48. The van der Waals surface area contributed by atoms with E-state index >= 15 is 0 Å². The molecule has 0 atom stereocenters. The molecule has 0 spiro atoms. The smallest absolute Gasteiger partial charge is 0.234 e. The zero-order valence-corrected chi connectivity index (χ0v) is 13.0. The Hall–Kier alpha value is -2.62. The fourth-order valence-corrected chi connectivity index (χ4v) is 2.13. The molecule has 1 amide bonds. The quantitative estimate of drug-likeness (QED) is 0.671. The molecule has 4 heteroatoms. The van der Waals surface area contributed by atoms with Crippen molar-refractivity contribution in [2.75, 3.05) is 11.1 Å². The number of anilines is 2. The van der Waals surface area contributed by atoms with Crippen LogP contribution in [0.2, 0.25) is 0 Å². The third-order valence-corrected chi connectivity index (χ3v) is 3.73. The molecule has 0 aliphatic carbocycles. The lowest BCUT2D eigenvalue weighted by Crippen LogP contribution is -2.34. The van der Waals surface area contributed by atoms with E-state index in [4.69, 9.17) is 5.73 Å². The number of nitrogen functional groups attached to an aromatic ring is 1. The Kier molecular flexibility index (Phi) is 4.31. The van der Waals surface area contributed by atoms with E-state index in [1.807, 2.05) is 26.0 Å². The number of carbonyl (C=O) groups excluding carboxylic acids is 2. The van der Waals surface area contributed by atoms with E-state index in [1.165, 1.54) is 6.92 Å². The molecule has 0 aliphatic heterocycles. The van der Waals surface area contributed by atoms with Crippen molar-refractivity contribution in [1.82, 2.24) is 0 Å². The third-order valence-electron chi connectivity index (χ3n) is 3.73. The summed E-state index contributed by atoms with van der Waals surface area (Å²) in [6.45, 7) is 5.20. The first-order valence-electron chi connectivity index (χ1n) is 7.09. The molecule has 0 unspecified atom stereocenters. The highest BCUT2D eigenvalue weighted by Crippen LogP contribution is 2.26. The molecule has 22 heavy (non-hydrogen) atoms. The number of ketones is 1. The molecule has 2 aromatic carbocycles. The molecule has 0 bridgehead atoms. The first kappa shape index (κ1) is 15.8. The molecule has 0 aromatic heterocycles. The topological polar surface area (TPSA) is 72.2 Å². The summed E-state index contributed by atoms with van der Waals surface area (Å²) in [5.74, 6) is -0.174. The van der Waals surface area contributed by atoms with Crippen molar-refractivity contribution in [3.63, 3.8) is 0 Å². The molecule has 2 rings (SSSR count). The zero-order valence-electron chi connectivity index (χ0n) is 13.0. The number of Topliss-reactive ketones (excluding diaryl/α,β-unsaturated/α-hetero) is 1. The van der Waals surface area contributed by atoms with Crippen LogP contribution in [-0.2, 0) is 10.2 Å². The molecule has 0 aliphatic rings. The minimum atomic E-state index is -0.708. The van der Waals surface area contributed by atoms with Gasteiger partial charge >= 0.3 is 0 Å². The van der Waals surface area contributed by atoms with Crippen LogP contribution in [0.1, 0.15) is 36.7 Å². The second-order valence-electron chi connectivity index (χ2n) is 5.84. The van der Waals surface area contributed by atoms with Gasteiger partial charge in [-0.15, -0.1) is 0 Å². The molecule has 0 radical (unpaired) electrons. The molecule has 0 saturated carbocycles. The lowest BCUT2D eigenvalue weighted by atomic mass is 9.83. The first-order valence-corrected chi connectivity index (χ1v) is 7.09. The van der Waals surface area contributed by atoms with Crippen LogP contribution in [0.5, 0.6) is 0 Å². The van der Waals surface area contributed by atoms with E-state index in [1.54, 1.807) is 36.4 Å². The molecule has 114 valence electrons. The fourth-order valence-electron chi connectivity index (χ4n) is 2.13. The van der Waals surface area contributed by atoms with E-state index in [9.17, 15) is 9.59 Å². The van der Waals surface area contributed by atoms with E-state index in [0.717, 1.165) is 5.56 Å². The number of benzene rings is 2. The average molecular weight is 296 g/mol. The normalized spacial score (nSPS) is 11.0. The van der Waals surface area contributed by atoms with Crippen LogP contribution in [0.15, 0.2) is 48.5 Å². The Morgan fingerprint density at radius 3 is 2.27 bits per heavy atom. The Morgan fingerprint density at radius 2 is 1.68 bits per heavy atom. The lowest BCUT2D eigenvalue weighted by Gasteiger charge is -2.24. The van der Waals surface area contributed by atoms with Crippen molar-refractivity contribution in [2.24, 2.45) is 0 Å². The van der Waals surface area contributed by atoms with Crippen molar-refractivity contribution < 1.29 is 9.59 Å². The maximum atomic E-state index is 12.6. The van der Waals surface area contributed by atoms with Crippen molar-refractivity contribution in [1.29, 1.82) is 0 Å². The summed E-state index contributed by atoms with van der Waals surface area (Å²) in [5.41, 5.74) is 7.70. The Labute approximate surface area is 130 Å². The highest BCUT2D eigenvalue weighted by molar-refractivity contribution is 6.00. The summed E-state index contributed by atoms with van der Waals surface area (Å²) in [4.78, 5) is 24.0. The molecule has 4 nitrogen and oxygen atoms in total. The van der Waals surface area contributed by atoms with Crippen LogP contribution in [0.3, 0.4) is 0 Å². The van der Waals surface area contributed by atoms with E-state index in [2.05, 4.69) is 5.32 Å². The Bertz CT molecular complexity index is 703. The maximum Gasteiger partial charge on any atom is 0.234 e. The standard InChI is InChI=1S/C18H20N2O2/c1-12(21)13-5-4-6-16(11-13)20-17(22)18(2,3)14-7-9-15(19)10-8-14/h4-11H,19H2,1-3H3,(H,20,22). The van der Waals surface area contributed by atoms with Gasteiger partial charge in [0.25, 0.3) is 0 Å². The summed E-state index contributed by atoms with van der Waals surface area (Å²) in [6.07, 6.45) is 0. The highest BCUT2D eigenvalue weighted by atomic mass is 16.2. The van der Waals surface area contributed by atoms with Crippen LogP contribution >= 0.6 is 0 Å². The van der Waals surface area contributed by atoms with Gasteiger partial charge in [0.05, 0.1) is 5.41 Å². The summed E-state index contributed by atoms with van der Waals surface area (Å²) in [5, 5.41) is 2.87. The van der Waals surface area contributed by atoms with Gasteiger partial charge in [0.2, 0.25) is 5.91 Å². The number of nitrogens with one attached hydrogen (secondary N) is 1. The highest BCUT2D eigenvalue weighted by Gasteiger charge is 2.29. The van der Waals surface area contributed by atoms with Crippen molar-refractivity contribution in [3.05, 3.63) is 59.7 Å². The number of amides is 1. The molecular weight excluding hydrogens is 276 g/mol. The van der Waals surface area contributed by atoms with Gasteiger partial charge in [0, 0.05) is 16.9 Å². The van der Waals surface area contributed by atoms with Gasteiger partial charge in [-0.1, -0.05) is 24.3 Å². The number of nitrogens with two attached hydrogens (primary N) is 1. The second-order valence-corrected chi connectivity index (χ2v) is 5.84. The number of hydrogen-bond donors (Lipinski definition) is 2. The number of rotatable bonds is 4. The molecular formula is C18H20N2O2. The molecule has 0 heterocycles. The van der Waals surface area contributed by atoms with Crippen molar-refractivity contribution >= 4 is 23.1 Å². The van der Waals surface area contributed by atoms with Crippen LogP contribution in [0.4, 0.5) is 11.4 Å². The maximum absolute atomic E-state index is 12.6. The SMILES string of the molecule is CC(=O)c1cccc(NC(=O)C(C)(C)c2ccc(N)cc2)c1. The van der Waals surface area contributed by atoms with Gasteiger partial charge in [0.1, 0.15) is 0 Å². The van der Waals surface area contributed by atoms with Crippen molar-refractivity contribution in [3.8, 4) is 0 Å². The monoisotopic (exact) mass is 296 g/mol. The molecule has 2 aromatic rings.